The number of rotatable bonds is 6. The summed E-state index contributed by atoms with van der Waals surface area (Å²) in [5.74, 6) is -0.531. The van der Waals surface area contributed by atoms with E-state index < -0.39 is 0 Å². The first-order chi connectivity index (χ1) is 7.19. The van der Waals surface area contributed by atoms with Gasteiger partial charge < -0.3 is 4.79 Å². The lowest BCUT2D eigenvalue weighted by Gasteiger charge is -2.16. The van der Waals surface area contributed by atoms with E-state index in [2.05, 4.69) is 0 Å². The average Bonchev–Trinajstić information content (AvgIpc) is 2.70. The molecule has 5 heteroatoms. The number of hydrogen-bond acceptors (Lipinski definition) is 4. The highest BCUT2D eigenvalue weighted by atomic mass is 32.1. The Morgan fingerprint density at radius 1 is 1.67 bits per heavy atom. The molecular formula is C10H13NO3S. The van der Waals surface area contributed by atoms with E-state index in [0.29, 0.717) is 6.42 Å². The van der Waals surface area contributed by atoms with E-state index in [1.807, 2.05) is 24.4 Å². The molecule has 0 aliphatic rings. The Hall–Kier alpha value is -1.23. The number of hydrogen-bond donors (Lipinski definition) is 0. The first kappa shape index (κ1) is 11.8. The highest BCUT2D eigenvalue weighted by molar-refractivity contribution is 7.10. The fraction of sp³-hybridized carbons (Fsp3) is 0.500. The number of carbonyl (C=O) groups excluding carboxylic acids is 1. The molecule has 4 nitrogen and oxygen atoms in total. The van der Waals surface area contributed by atoms with Crippen molar-refractivity contribution in [3.63, 3.8) is 0 Å². The van der Waals surface area contributed by atoms with E-state index in [1.165, 1.54) is 11.3 Å². The van der Waals surface area contributed by atoms with Gasteiger partial charge in [-0.15, -0.1) is 11.3 Å². The second-order valence-electron chi connectivity index (χ2n) is 3.35. The lowest BCUT2D eigenvalue weighted by molar-refractivity contribution is -0.484. The van der Waals surface area contributed by atoms with Gasteiger partial charge in [-0.1, -0.05) is 13.0 Å². The van der Waals surface area contributed by atoms with Crippen molar-refractivity contribution in [2.24, 2.45) is 5.92 Å². The Morgan fingerprint density at radius 2 is 2.40 bits per heavy atom. The van der Waals surface area contributed by atoms with Gasteiger partial charge in [-0.2, -0.15) is 0 Å². The molecule has 2 atom stereocenters. The van der Waals surface area contributed by atoms with Crippen LogP contribution in [0.25, 0.3) is 0 Å². The Balaban J connectivity index is 2.86. The minimum atomic E-state index is -0.351. The molecule has 1 aromatic rings. The molecule has 1 aromatic heterocycles. The summed E-state index contributed by atoms with van der Waals surface area (Å²) in [4.78, 5) is 21.9. The van der Waals surface area contributed by atoms with E-state index in [-0.39, 0.29) is 23.3 Å². The molecular weight excluding hydrogens is 214 g/mol. The lowest BCUT2D eigenvalue weighted by atomic mass is 9.90. The van der Waals surface area contributed by atoms with Crippen molar-refractivity contribution in [2.75, 3.05) is 6.54 Å². The maximum absolute atomic E-state index is 10.8. The van der Waals surface area contributed by atoms with Gasteiger partial charge in [-0.05, 0) is 17.9 Å². The van der Waals surface area contributed by atoms with Gasteiger partial charge in [0.2, 0.25) is 6.54 Å². The third-order valence-corrected chi connectivity index (χ3v) is 3.42. The van der Waals surface area contributed by atoms with Crippen LogP contribution >= 0.6 is 11.3 Å². The monoisotopic (exact) mass is 227 g/mol. The van der Waals surface area contributed by atoms with Gasteiger partial charge in [-0.25, -0.2) is 0 Å². The third-order valence-electron chi connectivity index (χ3n) is 2.42. The van der Waals surface area contributed by atoms with Crippen LogP contribution in [0.2, 0.25) is 0 Å². The molecule has 1 unspecified atom stereocenters. The van der Waals surface area contributed by atoms with Crippen LogP contribution in [-0.2, 0) is 4.79 Å². The predicted molar refractivity (Wildman–Crippen MR) is 58.8 cm³/mol. The van der Waals surface area contributed by atoms with Crippen LogP contribution in [0, 0.1) is 16.0 Å². The third kappa shape index (κ3) is 3.13. The van der Waals surface area contributed by atoms with Crippen LogP contribution in [0.15, 0.2) is 17.5 Å². The highest BCUT2D eigenvalue weighted by Crippen LogP contribution is 2.29. The maximum atomic E-state index is 10.8. The smallest absolute Gasteiger partial charge is 0.212 e. The average molecular weight is 227 g/mol. The van der Waals surface area contributed by atoms with Crippen molar-refractivity contribution in [3.05, 3.63) is 32.5 Å². The minimum absolute atomic E-state index is 0.169. The van der Waals surface area contributed by atoms with E-state index >= 15 is 0 Å². The van der Waals surface area contributed by atoms with Crippen molar-refractivity contribution in [2.45, 2.75) is 19.3 Å². The molecule has 0 spiro atoms. The topological polar surface area (TPSA) is 60.2 Å². The quantitative estimate of drug-likeness (QED) is 0.425. The Kier molecular flexibility index (Phi) is 4.42. The summed E-state index contributed by atoms with van der Waals surface area (Å²) < 4.78 is 0. The zero-order valence-corrected chi connectivity index (χ0v) is 9.28. The standard InChI is InChI=1S/C10H13NO3S/c1-2-8(7-12)9(6-11(13)14)10-4-3-5-15-10/h3-5,7-9H,2,6H2,1H3/t8-,9?/m1/s1. The number of aldehydes is 1. The van der Waals surface area contributed by atoms with Crippen LogP contribution in [0.4, 0.5) is 0 Å². The van der Waals surface area contributed by atoms with Gasteiger partial charge in [0.15, 0.2) is 0 Å². The van der Waals surface area contributed by atoms with Crippen LogP contribution in [0.1, 0.15) is 24.1 Å². The van der Waals surface area contributed by atoms with Gasteiger partial charge in [0.1, 0.15) is 6.29 Å². The summed E-state index contributed by atoms with van der Waals surface area (Å²) in [7, 11) is 0. The fourth-order valence-corrected chi connectivity index (χ4v) is 2.47. The van der Waals surface area contributed by atoms with E-state index in [9.17, 15) is 14.9 Å². The first-order valence-electron chi connectivity index (χ1n) is 4.79. The largest absolute Gasteiger partial charge is 0.303 e. The molecule has 0 saturated heterocycles. The summed E-state index contributed by atoms with van der Waals surface area (Å²) >= 11 is 1.47. The Bertz CT molecular complexity index is 323. The molecule has 0 radical (unpaired) electrons. The molecule has 0 aromatic carbocycles. The minimum Gasteiger partial charge on any atom is -0.303 e. The van der Waals surface area contributed by atoms with Crippen LogP contribution < -0.4 is 0 Å². The second-order valence-corrected chi connectivity index (χ2v) is 4.32. The predicted octanol–water partition coefficient (Wildman–Crippen LogP) is 2.33. The molecule has 0 aliphatic carbocycles. The Labute approximate surface area is 92.1 Å². The van der Waals surface area contributed by atoms with Gasteiger partial charge in [0.05, 0.1) is 5.92 Å². The molecule has 15 heavy (non-hydrogen) atoms. The van der Waals surface area contributed by atoms with E-state index in [4.69, 9.17) is 0 Å². The molecule has 0 fully saturated rings. The van der Waals surface area contributed by atoms with E-state index in [0.717, 1.165) is 11.2 Å². The van der Waals surface area contributed by atoms with E-state index in [1.54, 1.807) is 0 Å². The molecule has 0 bridgehead atoms. The Morgan fingerprint density at radius 3 is 2.80 bits per heavy atom. The summed E-state index contributed by atoms with van der Waals surface area (Å²) in [6.45, 7) is 1.71. The van der Waals surface area contributed by atoms with Gasteiger partial charge in [0, 0.05) is 15.7 Å². The van der Waals surface area contributed by atoms with Crippen LogP contribution in [0.3, 0.4) is 0 Å². The molecule has 0 aliphatic heterocycles. The zero-order chi connectivity index (χ0) is 11.3. The molecule has 1 rings (SSSR count). The van der Waals surface area contributed by atoms with Crippen molar-refractivity contribution < 1.29 is 9.72 Å². The summed E-state index contributed by atoms with van der Waals surface area (Å²) in [5.41, 5.74) is 0. The number of nitrogens with zero attached hydrogens (tertiary/aromatic N) is 1. The first-order valence-corrected chi connectivity index (χ1v) is 5.67. The molecule has 0 N–H and O–H groups in total. The lowest BCUT2D eigenvalue weighted by Crippen LogP contribution is -2.21. The summed E-state index contributed by atoms with van der Waals surface area (Å²) in [5, 5.41) is 12.4. The SMILES string of the molecule is CC[C@H](C=O)C(C[N+](=O)[O-])c1cccs1. The summed E-state index contributed by atoms with van der Waals surface area (Å²) in [6.07, 6.45) is 1.47. The highest BCUT2D eigenvalue weighted by Gasteiger charge is 2.27. The normalized spacial score (nSPS) is 14.5. The molecule has 0 amide bonds. The fourth-order valence-electron chi connectivity index (χ4n) is 1.57. The molecule has 1 heterocycles. The van der Waals surface area contributed by atoms with Crippen molar-refractivity contribution in [1.82, 2.24) is 0 Å². The maximum Gasteiger partial charge on any atom is 0.212 e. The van der Waals surface area contributed by atoms with Crippen molar-refractivity contribution in [1.29, 1.82) is 0 Å². The molecule has 0 saturated carbocycles. The van der Waals surface area contributed by atoms with Gasteiger partial charge in [0.25, 0.3) is 0 Å². The molecule has 82 valence electrons. The second kappa shape index (κ2) is 5.60. The van der Waals surface area contributed by atoms with Crippen molar-refractivity contribution in [3.8, 4) is 0 Å². The van der Waals surface area contributed by atoms with Crippen molar-refractivity contribution >= 4 is 17.6 Å². The zero-order valence-electron chi connectivity index (χ0n) is 8.46. The number of carbonyl (C=O) groups is 1. The number of thiophene rings is 1. The number of nitro groups is 1. The van der Waals surface area contributed by atoms with Gasteiger partial charge in [-0.3, -0.25) is 10.1 Å². The summed E-state index contributed by atoms with van der Waals surface area (Å²) in [6, 6.07) is 3.70. The van der Waals surface area contributed by atoms with Gasteiger partial charge >= 0.3 is 0 Å². The van der Waals surface area contributed by atoms with Crippen LogP contribution in [0.5, 0.6) is 0 Å². The van der Waals surface area contributed by atoms with Crippen LogP contribution in [-0.4, -0.2) is 17.8 Å².